The zero-order valence-corrected chi connectivity index (χ0v) is 16.8. The van der Waals surface area contributed by atoms with Crippen molar-refractivity contribution >= 4 is 23.6 Å². The van der Waals surface area contributed by atoms with Gasteiger partial charge in [-0.2, -0.15) is 0 Å². The molecular formula is C22H26N4O4. The van der Waals surface area contributed by atoms with Crippen LogP contribution >= 0.6 is 0 Å². The molecule has 4 amide bonds. The second-order valence-corrected chi connectivity index (χ2v) is 9.24. The number of hydrogen-bond acceptors (Lipinski definition) is 6. The van der Waals surface area contributed by atoms with Crippen molar-refractivity contribution in [2.24, 2.45) is 17.1 Å². The Morgan fingerprint density at radius 2 is 1.93 bits per heavy atom. The lowest BCUT2D eigenvalue weighted by Gasteiger charge is -2.33. The number of nitrogens with zero attached hydrogens (tertiary/aromatic N) is 1. The zero-order valence-electron chi connectivity index (χ0n) is 16.8. The van der Waals surface area contributed by atoms with Gasteiger partial charge in [0, 0.05) is 25.6 Å². The number of nitrogens with two attached hydrogens (primary N) is 1. The van der Waals surface area contributed by atoms with Crippen molar-refractivity contribution in [3.8, 4) is 0 Å². The predicted octanol–water partition coefficient (Wildman–Crippen LogP) is 0.695. The van der Waals surface area contributed by atoms with Crippen LogP contribution in [0.3, 0.4) is 0 Å². The fraction of sp³-hybridized carbons (Fsp3) is 0.545. The summed E-state index contributed by atoms with van der Waals surface area (Å²) in [5, 5.41) is 5.72. The van der Waals surface area contributed by atoms with Gasteiger partial charge < -0.3 is 11.1 Å². The highest BCUT2D eigenvalue weighted by atomic mass is 16.2. The monoisotopic (exact) mass is 410 g/mol. The third kappa shape index (κ3) is 2.97. The van der Waals surface area contributed by atoms with Gasteiger partial charge in [0.1, 0.15) is 6.04 Å². The van der Waals surface area contributed by atoms with E-state index in [1.807, 2.05) is 6.07 Å². The summed E-state index contributed by atoms with van der Waals surface area (Å²) < 4.78 is 0. The zero-order chi connectivity index (χ0) is 21.0. The molecule has 8 nitrogen and oxygen atoms in total. The topological polar surface area (TPSA) is 122 Å². The van der Waals surface area contributed by atoms with Crippen molar-refractivity contribution in [3.05, 3.63) is 34.9 Å². The van der Waals surface area contributed by atoms with Gasteiger partial charge in [-0.05, 0) is 61.1 Å². The highest BCUT2D eigenvalue weighted by Gasteiger charge is 2.50. The maximum absolute atomic E-state index is 12.9. The molecule has 2 heterocycles. The predicted molar refractivity (Wildman–Crippen MR) is 107 cm³/mol. The Labute approximate surface area is 174 Å². The first-order chi connectivity index (χ1) is 14.4. The first-order valence-electron chi connectivity index (χ1n) is 10.7. The Morgan fingerprint density at radius 3 is 2.63 bits per heavy atom. The molecule has 8 heteroatoms. The van der Waals surface area contributed by atoms with Crippen molar-refractivity contribution < 1.29 is 19.2 Å². The minimum atomic E-state index is -0.935. The molecule has 3 fully saturated rings. The summed E-state index contributed by atoms with van der Waals surface area (Å²) >= 11 is 0. The van der Waals surface area contributed by atoms with E-state index in [0.29, 0.717) is 17.7 Å². The van der Waals surface area contributed by atoms with Gasteiger partial charge in [-0.15, -0.1) is 0 Å². The molecule has 158 valence electrons. The number of nitrogens with one attached hydrogen (secondary N) is 2. The summed E-state index contributed by atoms with van der Waals surface area (Å²) in [6, 6.07) is 4.55. The van der Waals surface area contributed by atoms with Gasteiger partial charge in [0.25, 0.3) is 11.8 Å². The summed E-state index contributed by atoms with van der Waals surface area (Å²) in [5.41, 5.74) is 8.10. The number of carbonyl (C=O) groups excluding carboxylic acids is 4. The molecule has 4 atom stereocenters. The van der Waals surface area contributed by atoms with Crippen LogP contribution in [0.5, 0.6) is 0 Å². The van der Waals surface area contributed by atoms with E-state index in [-0.39, 0.29) is 30.2 Å². The number of fused-ring (bicyclic) bond motifs is 3. The Kier molecular flexibility index (Phi) is 4.52. The molecule has 0 radical (unpaired) electrons. The second-order valence-electron chi connectivity index (χ2n) is 9.24. The molecule has 1 aromatic carbocycles. The van der Waals surface area contributed by atoms with Crippen LogP contribution in [-0.2, 0) is 16.1 Å². The van der Waals surface area contributed by atoms with Crippen LogP contribution in [-0.4, -0.2) is 47.2 Å². The van der Waals surface area contributed by atoms with Crippen LogP contribution in [0.25, 0.3) is 0 Å². The molecule has 0 spiro atoms. The lowest BCUT2D eigenvalue weighted by molar-refractivity contribution is -0.136. The molecule has 2 aliphatic carbocycles. The molecule has 4 N–H and O–H groups in total. The Morgan fingerprint density at radius 1 is 1.13 bits per heavy atom. The number of benzene rings is 1. The number of amides is 4. The van der Waals surface area contributed by atoms with Gasteiger partial charge >= 0.3 is 0 Å². The SMILES string of the molecule is NC1CC2CCC1(CNCc1ccc3c(c1)C(=O)N(C1CCC(=O)NC1=O)C3=O)C2. The normalized spacial score (nSPS) is 32.7. The van der Waals surface area contributed by atoms with Crippen LogP contribution in [0.1, 0.15) is 64.8 Å². The average Bonchev–Trinajstić information content (AvgIpc) is 3.33. The van der Waals surface area contributed by atoms with E-state index in [1.54, 1.807) is 12.1 Å². The van der Waals surface area contributed by atoms with Crippen LogP contribution in [0.15, 0.2) is 18.2 Å². The van der Waals surface area contributed by atoms with E-state index >= 15 is 0 Å². The summed E-state index contributed by atoms with van der Waals surface area (Å²) in [6.45, 7) is 1.45. The minimum Gasteiger partial charge on any atom is -0.327 e. The van der Waals surface area contributed by atoms with Gasteiger partial charge in [-0.3, -0.25) is 29.4 Å². The van der Waals surface area contributed by atoms with Crippen LogP contribution in [0.4, 0.5) is 0 Å². The van der Waals surface area contributed by atoms with Gasteiger partial charge in [0.2, 0.25) is 11.8 Å². The number of rotatable bonds is 5. The second kappa shape index (κ2) is 6.99. The lowest BCUT2D eigenvalue weighted by Crippen LogP contribution is -2.54. The first-order valence-corrected chi connectivity index (χ1v) is 10.7. The van der Waals surface area contributed by atoms with Crippen molar-refractivity contribution in [2.45, 2.75) is 57.2 Å². The fourth-order valence-electron chi connectivity index (χ4n) is 5.79. The number of imide groups is 2. The molecule has 0 aromatic heterocycles. The van der Waals surface area contributed by atoms with Gasteiger partial charge in [-0.1, -0.05) is 6.07 Å². The summed E-state index contributed by atoms with van der Waals surface area (Å²) in [7, 11) is 0. The number of piperidine rings is 1. The first kappa shape index (κ1) is 19.4. The van der Waals surface area contributed by atoms with Gasteiger partial charge in [0.05, 0.1) is 11.1 Å². The molecule has 5 rings (SSSR count). The van der Waals surface area contributed by atoms with E-state index in [0.717, 1.165) is 29.3 Å². The summed E-state index contributed by atoms with van der Waals surface area (Å²) in [6.07, 6.45) is 5.02. The summed E-state index contributed by atoms with van der Waals surface area (Å²) in [4.78, 5) is 50.2. The standard InChI is InChI=1S/C22H26N4O4/c23-17-8-12-5-6-22(17,9-12)11-24-10-13-1-2-14-15(7-13)21(30)26(20(14)29)16-3-4-18(27)25-19(16)28/h1-2,7,12,16-17,24H,3-6,8-11,23H2,(H,25,27,28). The van der Waals surface area contributed by atoms with Crippen molar-refractivity contribution in [1.82, 2.24) is 15.5 Å². The third-order valence-corrected chi connectivity index (χ3v) is 7.43. The van der Waals surface area contributed by atoms with Crippen molar-refractivity contribution in [1.29, 1.82) is 0 Å². The quantitative estimate of drug-likeness (QED) is 0.614. The molecule has 30 heavy (non-hydrogen) atoms. The third-order valence-electron chi connectivity index (χ3n) is 7.43. The molecule has 1 saturated heterocycles. The van der Waals surface area contributed by atoms with Crippen molar-refractivity contribution in [2.75, 3.05) is 6.54 Å². The fourth-order valence-corrected chi connectivity index (χ4v) is 5.79. The van der Waals surface area contributed by atoms with Crippen LogP contribution in [0.2, 0.25) is 0 Å². The average molecular weight is 410 g/mol. The van der Waals surface area contributed by atoms with E-state index in [1.165, 1.54) is 19.3 Å². The van der Waals surface area contributed by atoms with Crippen LogP contribution in [0, 0.1) is 11.3 Å². The Bertz CT molecular complexity index is 960. The van der Waals surface area contributed by atoms with E-state index < -0.39 is 23.8 Å². The Hall–Kier alpha value is -2.58. The lowest BCUT2D eigenvalue weighted by atomic mass is 9.80. The molecule has 2 saturated carbocycles. The van der Waals surface area contributed by atoms with E-state index in [4.69, 9.17) is 5.73 Å². The molecule has 1 aromatic rings. The number of hydrogen-bond donors (Lipinski definition) is 3. The molecule has 2 aliphatic heterocycles. The maximum atomic E-state index is 12.9. The highest BCUT2D eigenvalue weighted by molar-refractivity contribution is 6.23. The Balaban J connectivity index is 1.28. The molecule has 4 unspecified atom stereocenters. The van der Waals surface area contributed by atoms with Gasteiger partial charge in [0.15, 0.2) is 0 Å². The van der Waals surface area contributed by atoms with Crippen LogP contribution < -0.4 is 16.4 Å². The highest BCUT2D eigenvalue weighted by Crippen LogP contribution is 2.52. The number of carbonyl (C=O) groups is 4. The molecule has 4 aliphatic rings. The van der Waals surface area contributed by atoms with E-state index in [9.17, 15) is 19.2 Å². The smallest absolute Gasteiger partial charge is 0.262 e. The van der Waals surface area contributed by atoms with E-state index in [2.05, 4.69) is 10.6 Å². The summed E-state index contributed by atoms with van der Waals surface area (Å²) in [5.74, 6) is -1.15. The molecule has 2 bridgehead atoms. The minimum absolute atomic E-state index is 0.115. The largest absolute Gasteiger partial charge is 0.327 e. The van der Waals surface area contributed by atoms with Gasteiger partial charge in [-0.25, -0.2) is 0 Å². The molecular weight excluding hydrogens is 384 g/mol. The van der Waals surface area contributed by atoms with Crippen molar-refractivity contribution in [3.63, 3.8) is 0 Å². The maximum Gasteiger partial charge on any atom is 0.262 e.